The first-order valence-corrected chi connectivity index (χ1v) is 5.65. The van der Waals surface area contributed by atoms with Crippen LogP contribution in [0.25, 0.3) is 0 Å². The van der Waals surface area contributed by atoms with E-state index < -0.39 is 0 Å². The first kappa shape index (κ1) is 11.7. The Morgan fingerprint density at radius 3 is 2.71 bits per heavy atom. The molecule has 3 nitrogen and oxygen atoms in total. The highest BCUT2D eigenvalue weighted by molar-refractivity contribution is 5.86. The lowest BCUT2D eigenvalue weighted by atomic mass is 10.1. The smallest absolute Gasteiger partial charge is 0.151 e. The topological polar surface area (TPSA) is 32.3 Å². The fourth-order valence-electron chi connectivity index (χ4n) is 2.00. The highest BCUT2D eigenvalue weighted by Gasteiger charge is 2.23. The summed E-state index contributed by atoms with van der Waals surface area (Å²) in [5.41, 5.74) is 0. The molecular formula is C11H22N2O. The summed E-state index contributed by atoms with van der Waals surface area (Å²) in [6.45, 7) is 9.54. The van der Waals surface area contributed by atoms with Gasteiger partial charge in [-0.15, -0.1) is 0 Å². The minimum Gasteiger partial charge on any atom is -0.307 e. The van der Waals surface area contributed by atoms with E-state index in [0.717, 1.165) is 32.5 Å². The van der Waals surface area contributed by atoms with E-state index in [1.165, 1.54) is 0 Å². The fourth-order valence-corrected chi connectivity index (χ4v) is 2.00. The number of nitrogens with one attached hydrogen (secondary N) is 1. The van der Waals surface area contributed by atoms with Gasteiger partial charge in [0.05, 0.1) is 6.04 Å². The number of nitrogens with zero attached hydrogens (tertiary/aromatic N) is 1. The molecule has 1 rings (SSSR count). The second-order valence-corrected chi connectivity index (χ2v) is 4.23. The van der Waals surface area contributed by atoms with Gasteiger partial charge in [0.2, 0.25) is 0 Å². The maximum Gasteiger partial charge on any atom is 0.151 e. The third-order valence-electron chi connectivity index (χ3n) is 2.99. The minimum atomic E-state index is 0.128. The SMILES string of the molecule is CCN(CCC1NCCC1=O)C(C)C. The third kappa shape index (κ3) is 3.07. The van der Waals surface area contributed by atoms with Gasteiger partial charge in [0, 0.05) is 25.6 Å². The molecule has 1 atom stereocenters. The van der Waals surface area contributed by atoms with Gasteiger partial charge in [-0.2, -0.15) is 0 Å². The molecular weight excluding hydrogens is 176 g/mol. The Kier molecular flexibility index (Phi) is 4.55. The van der Waals surface area contributed by atoms with E-state index in [2.05, 4.69) is 31.0 Å². The summed E-state index contributed by atoms with van der Waals surface area (Å²) >= 11 is 0. The monoisotopic (exact) mass is 198 g/mol. The molecule has 0 spiro atoms. The molecule has 0 radical (unpaired) electrons. The van der Waals surface area contributed by atoms with Crippen LogP contribution < -0.4 is 5.32 Å². The summed E-state index contributed by atoms with van der Waals surface area (Å²) < 4.78 is 0. The summed E-state index contributed by atoms with van der Waals surface area (Å²) in [7, 11) is 0. The Morgan fingerprint density at radius 2 is 2.29 bits per heavy atom. The highest BCUT2D eigenvalue weighted by atomic mass is 16.1. The zero-order chi connectivity index (χ0) is 10.6. The average Bonchev–Trinajstić information content (AvgIpc) is 2.52. The zero-order valence-electron chi connectivity index (χ0n) is 9.55. The van der Waals surface area contributed by atoms with E-state index in [1.54, 1.807) is 0 Å². The van der Waals surface area contributed by atoms with Gasteiger partial charge in [-0.1, -0.05) is 6.92 Å². The van der Waals surface area contributed by atoms with Gasteiger partial charge in [-0.3, -0.25) is 4.79 Å². The summed E-state index contributed by atoms with van der Waals surface area (Å²) in [4.78, 5) is 13.8. The Morgan fingerprint density at radius 1 is 1.57 bits per heavy atom. The van der Waals surface area contributed by atoms with E-state index in [4.69, 9.17) is 0 Å². The van der Waals surface area contributed by atoms with Crippen molar-refractivity contribution in [1.82, 2.24) is 10.2 Å². The largest absolute Gasteiger partial charge is 0.307 e. The van der Waals surface area contributed by atoms with Crippen molar-refractivity contribution in [3.8, 4) is 0 Å². The second kappa shape index (κ2) is 5.47. The maximum absolute atomic E-state index is 11.4. The van der Waals surface area contributed by atoms with Gasteiger partial charge < -0.3 is 10.2 Å². The van der Waals surface area contributed by atoms with Crippen molar-refractivity contribution < 1.29 is 4.79 Å². The quantitative estimate of drug-likeness (QED) is 0.716. The first-order valence-electron chi connectivity index (χ1n) is 5.65. The van der Waals surface area contributed by atoms with Crippen LogP contribution in [-0.2, 0) is 4.79 Å². The van der Waals surface area contributed by atoms with E-state index in [-0.39, 0.29) is 6.04 Å². The number of rotatable bonds is 5. The molecule has 0 bridgehead atoms. The van der Waals surface area contributed by atoms with Crippen molar-refractivity contribution >= 4 is 5.78 Å². The van der Waals surface area contributed by atoms with Crippen LogP contribution in [0.2, 0.25) is 0 Å². The van der Waals surface area contributed by atoms with Crippen LogP contribution in [0.15, 0.2) is 0 Å². The molecule has 0 saturated carbocycles. The van der Waals surface area contributed by atoms with Crippen molar-refractivity contribution in [2.24, 2.45) is 0 Å². The van der Waals surface area contributed by atoms with Gasteiger partial charge in [0.15, 0.2) is 5.78 Å². The molecule has 0 aliphatic carbocycles. The lowest BCUT2D eigenvalue weighted by Gasteiger charge is -2.25. The van der Waals surface area contributed by atoms with Gasteiger partial charge in [0.1, 0.15) is 0 Å². The van der Waals surface area contributed by atoms with Crippen molar-refractivity contribution in [2.45, 2.75) is 45.7 Å². The first-order chi connectivity index (χ1) is 6.65. The molecule has 1 unspecified atom stereocenters. The van der Waals surface area contributed by atoms with Crippen LogP contribution in [0.4, 0.5) is 0 Å². The number of carbonyl (C=O) groups excluding carboxylic acids is 1. The Balaban J connectivity index is 2.27. The molecule has 0 aromatic carbocycles. The molecule has 1 fully saturated rings. The molecule has 1 N–H and O–H groups in total. The number of hydrogen-bond acceptors (Lipinski definition) is 3. The maximum atomic E-state index is 11.4. The molecule has 1 saturated heterocycles. The normalized spacial score (nSPS) is 22.6. The summed E-state index contributed by atoms with van der Waals surface area (Å²) in [5.74, 6) is 0.393. The molecule has 0 aromatic heterocycles. The fraction of sp³-hybridized carbons (Fsp3) is 0.909. The Labute approximate surface area is 86.9 Å². The number of carbonyl (C=O) groups is 1. The van der Waals surface area contributed by atoms with Gasteiger partial charge >= 0.3 is 0 Å². The van der Waals surface area contributed by atoms with Crippen LogP contribution in [0, 0.1) is 0 Å². The summed E-state index contributed by atoms with van der Waals surface area (Å²) in [6, 6.07) is 0.708. The Hall–Kier alpha value is -0.410. The number of hydrogen-bond donors (Lipinski definition) is 1. The Bertz CT molecular complexity index is 192. The van der Waals surface area contributed by atoms with E-state index in [1.807, 2.05) is 0 Å². The highest BCUT2D eigenvalue weighted by Crippen LogP contribution is 2.07. The molecule has 1 aliphatic heterocycles. The van der Waals surface area contributed by atoms with Crippen molar-refractivity contribution in [1.29, 1.82) is 0 Å². The van der Waals surface area contributed by atoms with Crippen LogP contribution in [-0.4, -0.2) is 42.4 Å². The average molecular weight is 198 g/mol. The molecule has 82 valence electrons. The molecule has 0 amide bonds. The van der Waals surface area contributed by atoms with Crippen molar-refractivity contribution in [3.63, 3.8) is 0 Å². The van der Waals surface area contributed by atoms with Crippen LogP contribution >= 0.6 is 0 Å². The van der Waals surface area contributed by atoms with E-state index in [9.17, 15) is 4.79 Å². The number of ketones is 1. The number of Topliss-reactive ketones (excluding diaryl/α,β-unsaturated/α-hetero) is 1. The van der Waals surface area contributed by atoms with Gasteiger partial charge in [-0.05, 0) is 26.8 Å². The van der Waals surface area contributed by atoms with Gasteiger partial charge in [0.25, 0.3) is 0 Å². The van der Waals surface area contributed by atoms with Crippen LogP contribution in [0.1, 0.15) is 33.6 Å². The lowest BCUT2D eigenvalue weighted by Crippen LogP contribution is -2.37. The van der Waals surface area contributed by atoms with E-state index >= 15 is 0 Å². The molecule has 0 aromatic rings. The standard InChI is InChI=1S/C11H22N2O/c1-4-13(9(2)3)8-6-10-11(14)5-7-12-10/h9-10,12H,4-8H2,1-3H3. The van der Waals surface area contributed by atoms with Crippen LogP contribution in [0.5, 0.6) is 0 Å². The minimum absolute atomic E-state index is 0.128. The second-order valence-electron chi connectivity index (χ2n) is 4.23. The molecule has 14 heavy (non-hydrogen) atoms. The van der Waals surface area contributed by atoms with Crippen molar-refractivity contribution in [2.75, 3.05) is 19.6 Å². The lowest BCUT2D eigenvalue weighted by molar-refractivity contribution is -0.118. The molecule has 1 aliphatic rings. The predicted molar refractivity (Wildman–Crippen MR) is 58.4 cm³/mol. The predicted octanol–water partition coefficient (Wildman–Crippen LogP) is 1.04. The zero-order valence-corrected chi connectivity index (χ0v) is 9.55. The summed E-state index contributed by atoms with van der Waals surface area (Å²) in [6.07, 6.45) is 1.68. The molecule has 3 heteroatoms. The van der Waals surface area contributed by atoms with Crippen molar-refractivity contribution in [3.05, 3.63) is 0 Å². The van der Waals surface area contributed by atoms with Gasteiger partial charge in [-0.25, -0.2) is 0 Å². The molecule has 1 heterocycles. The third-order valence-corrected chi connectivity index (χ3v) is 2.99. The van der Waals surface area contributed by atoms with E-state index in [0.29, 0.717) is 11.8 Å². The van der Waals surface area contributed by atoms with Crippen LogP contribution in [0.3, 0.4) is 0 Å². The summed E-state index contributed by atoms with van der Waals surface area (Å²) in [5, 5.41) is 3.25.